The number of anilines is 1. The number of rotatable bonds is 6. The largest absolute Gasteiger partial charge is 0.343 e. The van der Waals surface area contributed by atoms with Crippen LogP contribution >= 0.6 is 0 Å². The molecular formula is C22H26FN3O3. The molecule has 7 heteroatoms. The molecule has 0 atom stereocenters. The van der Waals surface area contributed by atoms with Crippen molar-refractivity contribution in [3.05, 3.63) is 65.5 Å². The lowest BCUT2D eigenvalue weighted by Crippen LogP contribution is -2.41. The van der Waals surface area contributed by atoms with Gasteiger partial charge in [0, 0.05) is 18.3 Å². The second-order valence-electron chi connectivity index (χ2n) is 7.81. The molecule has 0 unspecified atom stereocenters. The highest BCUT2D eigenvalue weighted by Gasteiger charge is 2.16. The minimum atomic E-state index is -0.420. The van der Waals surface area contributed by atoms with Crippen LogP contribution in [-0.2, 0) is 15.0 Å². The van der Waals surface area contributed by atoms with Gasteiger partial charge in [0.25, 0.3) is 5.91 Å². The van der Waals surface area contributed by atoms with Gasteiger partial charge in [-0.3, -0.25) is 14.4 Å². The van der Waals surface area contributed by atoms with Crippen molar-refractivity contribution < 1.29 is 18.8 Å². The Labute approximate surface area is 170 Å². The first-order chi connectivity index (χ1) is 13.6. The topological polar surface area (TPSA) is 78.5 Å². The molecule has 154 valence electrons. The zero-order valence-corrected chi connectivity index (χ0v) is 17.1. The zero-order chi connectivity index (χ0) is 21.6. The Balaban J connectivity index is 1.82. The first kappa shape index (κ1) is 22.1. The zero-order valence-electron chi connectivity index (χ0n) is 17.1. The van der Waals surface area contributed by atoms with Gasteiger partial charge in [-0.25, -0.2) is 4.39 Å². The maximum absolute atomic E-state index is 12.9. The fourth-order valence-corrected chi connectivity index (χ4v) is 2.55. The third-order valence-electron chi connectivity index (χ3n) is 4.35. The summed E-state index contributed by atoms with van der Waals surface area (Å²) in [5.74, 6) is -1.59. The van der Waals surface area contributed by atoms with Crippen LogP contribution in [0.4, 0.5) is 10.1 Å². The Hall–Kier alpha value is -3.22. The molecule has 0 aliphatic heterocycles. The summed E-state index contributed by atoms with van der Waals surface area (Å²) in [6.07, 6.45) is 0. The molecule has 0 radical (unpaired) electrons. The molecule has 0 bridgehead atoms. The van der Waals surface area contributed by atoms with Gasteiger partial charge in [-0.1, -0.05) is 32.9 Å². The van der Waals surface area contributed by atoms with Crippen LogP contribution in [0.3, 0.4) is 0 Å². The number of amides is 3. The van der Waals surface area contributed by atoms with Crippen LogP contribution in [0.25, 0.3) is 0 Å². The van der Waals surface area contributed by atoms with Crippen LogP contribution in [0, 0.1) is 5.82 Å². The van der Waals surface area contributed by atoms with Crippen molar-refractivity contribution >= 4 is 23.4 Å². The summed E-state index contributed by atoms with van der Waals surface area (Å²) < 4.78 is 12.9. The molecule has 29 heavy (non-hydrogen) atoms. The van der Waals surface area contributed by atoms with Gasteiger partial charge in [0.15, 0.2) is 0 Å². The Morgan fingerprint density at radius 1 is 0.966 bits per heavy atom. The lowest BCUT2D eigenvalue weighted by molar-refractivity contribution is -0.132. The predicted molar refractivity (Wildman–Crippen MR) is 110 cm³/mol. The highest BCUT2D eigenvalue weighted by Crippen LogP contribution is 2.22. The van der Waals surface area contributed by atoms with Gasteiger partial charge in [-0.05, 0) is 47.4 Å². The van der Waals surface area contributed by atoms with Crippen LogP contribution in [0.2, 0.25) is 0 Å². The van der Waals surface area contributed by atoms with Crippen LogP contribution in [0.15, 0.2) is 48.5 Å². The van der Waals surface area contributed by atoms with E-state index >= 15 is 0 Å². The number of benzene rings is 2. The number of hydrogen-bond acceptors (Lipinski definition) is 3. The third-order valence-corrected chi connectivity index (χ3v) is 4.35. The predicted octanol–water partition coefficient (Wildman–Crippen LogP) is 2.95. The molecule has 2 N–H and O–H groups in total. The van der Waals surface area contributed by atoms with Crippen LogP contribution < -0.4 is 10.6 Å². The Morgan fingerprint density at radius 3 is 2.10 bits per heavy atom. The molecule has 0 aromatic heterocycles. The SMILES string of the molecule is CN(CC(=O)Nc1ccc(F)cc1)C(=O)CNC(=O)c1ccc(C(C)(C)C)cc1. The molecule has 0 aliphatic rings. The van der Waals surface area contributed by atoms with Gasteiger partial charge < -0.3 is 15.5 Å². The smallest absolute Gasteiger partial charge is 0.251 e. The normalized spacial score (nSPS) is 10.9. The van der Waals surface area contributed by atoms with Gasteiger partial charge in [0.05, 0.1) is 13.1 Å². The van der Waals surface area contributed by atoms with Gasteiger partial charge in [-0.2, -0.15) is 0 Å². The molecule has 0 saturated heterocycles. The van der Waals surface area contributed by atoms with Gasteiger partial charge in [0.2, 0.25) is 11.8 Å². The molecule has 0 aliphatic carbocycles. The second kappa shape index (κ2) is 9.32. The molecule has 0 heterocycles. The summed E-state index contributed by atoms with van der Waals surface area (Å²) in [5, 5.41) is 5.14. The lowest BCUT2D eigenvalue weighted by atomic mass is 9.87. The highest BCUT2D eigenvalue weighted by atomic mass is 19.1. The quantitative estimate of drug-likeness (QED) is 0.784. The second-order valence-corrected chi connectivity index (χ2v) is 7.81. The standard InChI is InChI=1S/C22H26FN3O3/c1-22(2,3)16-7-5-15(6-8-16)21(29)24-13-20(28)26(4)14-19(27)25-18-11-9-17(23)10-12-18/h5-12H,13-14H2,1-4H3,(H,24,29)(H,25,27). The fourth-order valence-electron chi connectivity index (χ4n) is 2.55. The molecule has 0 saturated carbocycles. The molecule has 6 nitrogen and oxygen atoms in total. The molecule has 2 rings (SSSR count). The minimum Gasteiger partial charge on any atom is -0.343 e. The molecule has 2 aromatic carbocycles. The first-order valence-electron chi connectivity index (χ1n) is 9.24. The first-order valence-corrected chi connectivity index (χ1v) is 9.24. The summed E-state index contributed by atoms with van der Waals surface area (Å²) in [6, 6.07) is 12.5. The van der Waals surface area contributed by atoms with E-state index in [1.54, 1.807) is 12.1 Å². The number of nitrogens with zero attached hydrogens (tertiary/aromatic N) is 1. The fraction of sp³-hybridized carbons (Fsp3) is 0.318. The summed E-state index contributed by atoms with van der Waals surface area (Å²) in [6.45, 7) is 5.85. The molecule has 3 amide bonds. The average Bonchev–Trinajstić information content (AvgIpc) is 2.67. The average molecular weight is 399 g/mol. The van der Waals surface area contributed by atoms with Crippen LogP contribution in [-0.4, -0.2) is 42.8 Å². The van der Waals surface area contributed by atoms with E-state index in [4.69, 9.17) is 0 Å². The monoisotopic (exact) mass is 399 g/mol. The molecule has 0 spiro atoms. The maximum Gasteiger partial charge on any atom is 0.251 e. The van der Waals surface area contributed by atoms with E-state index < -0.39 is 17.6 Å². The molecule has 2 aromatic rings. The number of hydrogen-bond donors (Lipinski definition) is 2. The number of nitrogens with one attached hydrogen (secondary N) is 2. The molecular weight excluding hydrogens is 373 g/mol. The van der Waals surface area contributed by atoms with Gasteiger partial charge in [-0.15, -0.1) is 0 Å². The highest BCUT2D eigenvalue weighted by molar-refractivity contribution is 5.98. The number of carbonyl (C=O) groups is 3. The van der Waals surface area contributed by atoms with E-state index in [0.717, 1.165) is 5.56 Å². The van der Waals surface area contributed by atoms with Gasteiger partial charge in [0.1, 0.15) is 5.82 Å². The van der Waals surface area contributed by atoms with Crippen molar-refractivity contribution in [3.63, 3.8) is 0 Å². The van der Waals surface area contributed by atoms with Crippen molar-refractivity contribution in [1.82, 2.24) is 10.2 Å². The van der Waals surface area contributed by atoms with Crippen molar-refractivity contribution in [2.75, 3.05) is 25.5 Å². The number of likely N-dealkylation sites (N-methyl/N-ethyl adjacent to an activating group) is 1. The van der Waals surface area contributed by atoms with Crippen molar-refractivity contribution in [1.29, 1.82) is 0 Å². The Morgan fingerprint density at radius 2 is 1.55 bits per heavy atom. The summed E-state index contributed by atoms with van der Waals surface area (Å²) in [4.78, 5) is 37.6. The van der Waals surface area contributed by atoms with E-state index in [2.05, 4.69) is 31.4 Å². The summed E-state index contributed by atoms with van der Waals surface area (Å²) in [7, 11) is 1.47. The third kappa shape index (κ3) is 6.71. The van der Waals surface area contributed by atoms with E-state index in [0.29, 0.717) is 11.3 Å². The minimum absolute atomic E-state index is 0.0117. The van der Waals surface area contributed by atoms with Crippen molar-refractivity contribution in [3.8, 4) is 0 Å². The van der Waals surface area contributed by atoms with Crippen LogP contribution in [0.5, 0.6) is 0 Å². The van der Waals surface area contributed by atoms with Crippen LogP contribution in [0.1, 0.15) is 36.7 Å². The summed E-state index contributed by atoms with van der Waals surface area (Å²) in [5.41, 5.74) is 1.99. The van der Waals surface area contributed by atoms with E-state index in [1.165, 1.54) is 36.2 Å². The summed E-state index contributed by atoms with van der Waals surface area (Å²) >= 11 is 0. The van der Waals surface area contributed by atoms with E-state index in [1.807, 2.05) is 12.1 Å². The lowest BCUT2D eigenvalue weighted by Gasteiger charge is -2.19. The Bertz CT molecular complexity index is 872. The number of carbonyl (C=O) groups excluding carboxylic acids is 3. The van der Waals surface area contributed by atoms with E-state index in [-0.39, 0.29) is 24.4 Å². The van der Waals surface area contributed by atoms with Crippen molar-refractivity contribution in [2.45, 2.75) is 26.2 Å². The Kier molecular flexibility index (Phi) is 7.09. The van der Waals surface area contributed by atoms with Gasteiger partial charge >= 0.3 is 0 Å². The molecule has 0 fully saturated rings. The number of halogens is 1. The maximum atomic E-state index is 12.9. The van der Waals surface area contributed by atoms with Crippen molar-refractivity contribution in [2.24, 2.45) is 0 Å². The van der Waals surface area contributed by atoms with E-state index in [9.17, 15) is 18.8 Å².